The van der Waals surface area contributed by atoms with Gasteiger partial charge in [0.15, 0.2) is 0 Å². The first-order valence-corrected chi connectivity index (χ1v) is 10.4. The van der Waals surface area contributed by atoms with Crippen LogP contribution in [0.1, 0.15) is 62.1 Å². The van der Waals surface area contributed by atoms with Crippen LogP contribution in [0.5, 0.6) is 0 Å². The number of hydrogen-bond donors (Lipinski definition) is 3. The Bertz CT molecular complexity index is 882. The van der Waals surface area contributed by atoms with Crippen molar-refractivity contribution in [2.75, 3.05) is 12.3 Å². The molecule has 0 radical (unpaired) electrons. The second-order valence-corrected chi connectivity index (χ2v) is 9.27. The minimum absolute atomic E-state index is 0.0712. The summed E-state index contributed by atoms with van der Waals surface area (Å²) in [5, 5.41) is 9.66. The normalized spacial score (nSPS) is 12.7. The van der Waals surface area contributed by atoms with Gasteiger partial charge in [0.1, 0.15) is 16.0 Å². The number of nitrogen functional groups attached to an aromatic ring is 1. The fraction of sp³-hybridized carbons (Fsp3) is 0.476. The molecule has 29 heavy (non-hydrogen) atoms. The van der Waals surface area contributed by atoms with Gasteiger partial charge in [0.25, 0.3) is 5.91 Å². The molecule has 1 aromatic carbocycles. The van der Waals surface area contributed by atoms with Crippen molar-refractivity contribution in [3.05, 3.63) is 45.6 Å². The van der Waals surface area contributed by atoms with Gasteiger partial charge < -0.3 is 16.4 Å². The second kappa shape index (κ2) is 8.98. The number of rotatable bonds is 6. The molecule has 0 fully saturated rings. The maximum absolute atomic E-state index is 12.5. The predicted molar refractivity (Wildman–Crippen MR) is 119 cm³/mol. The summed E-state index contributed by atoms with van der Waals surface area (Å²) in [7, 11) is 1.64. The van der Waals surface area contributed by atoms with Crippen LogP contribution in [0.4, 0.5) is 5.82 Å². The smallest absolute Gasteiger partial charge is 0.258 e. The second-order valence-electron chi connectivity index (χ2n) is 8.52. The summed E-state index contributed by atoms with van der Waals surface area (Å²) in [6, 6.07) is 8.15. The highest BCUT2D eigenvalue weighted by atomic mass is 79.9. The maximum atomic E-state index is 12.5. The largest absolute Gasteiger partial charge is 0.383 e. The fourth-order valence-corrected chi connectivity index (χ4v) is 3.63. The molecule has 2 aromatic rings. The quantitative estimate of drug-likeness (QED) is 0.611. The van der Waals surface area contributed by atoms with Crippen molar-refractivity contribution in [3.63, 3.8) is 0 Å². The summed E-state index contributed by atoms with van der Waals surface area (Å²) in [6.45, 7) is 10.4. The Kier molecular flexibility index (Phi) is 7.11. The van der Waals surface area contributed by atoms with E-state index >= 15 is 0 Å². The molecule has 0 aliphatic rings. The zero-order valence-electron chi connectivity index (χ0n) is 17.8. The molecule has 1 atom stereocenters. The van der Waals surface area contributed by atoms with E-state index in [2.05, 4.69) is 90.5 Å². The Morgan fingerprint density at radius 1 is 1.21 bits per heavy atom. The van der Waals surface area contributed by atoms with Crippen LogP contribution in [0.3, 0.4) is 0 Å². The zero-order chi connectivity index (χ0) is 21.9. The molecule has 0 aliphatic carbocycles. The number of hydrogen-bond acceptors (Lipinski definition) is 4. The van der Waals surface area contributed by atoms with Crippen LogP contribution in [0.2, 0.25) is 0 Å². The summed E-state index contributed by atoms with van der Waals surface area (Å²) in [5.74, 6) is -0.296. The van der Waals surface area contributed by atoms with Crippen LogP contribution in [0.25, 0.3) is 0 Å². The van der Waals surface area contributed by atoms with Crippen molar-refractivity contribution in [1.29, 1.82) is 0 Å². The van der Waals surface area contributed by atoms with Gasteiger partial charge in [-0.15, -0.1) is 0 Å². The molecule has 0 unspecified atom stereocenters. The number of amides is 2. The number of halogens is 1. The van der Waals surface area contributed by atoms with E-state index in [4.69, 9.17) is 5.73 Å². The van der Waals surface area contributed by atoms with Gasteiger partial charge >= 0.3 is 0 Å². The lowest BCUT2D eigenvalue weighted by Crippen LogP contribution is -2.40. The molecular formula is C21H30BrN5O2. The van der Waals surface area contributed by atoms with Crippen LogP contribution in [0, 0.1) is 5.92 Å². The van der Waals surface area contributed by atoms with Crippen molar-refractivity contribution in [3.8, 4) is 0 Å². The molecule has 158 valence electrons. The minimum atomic E-state index is -0.451. The van der Waals surface area contributed by atoms with Gasteiger partial charge in [0.2, 0.25) is 5.91 Å². The van der Waals surface area contributed by atoms with E-state index in [0.29, 0.717) is 4.60 Å². The monoisotopic (exact) mass is 463 g/mol. The zero-order valence-corrected chi connectivity index (χ0v) is 19.4. The molecule has 2 rings (SSSR count). The first kappa shape index (κ1) is 22.9. The number of nitrogens with two attached hydrogens (primary N) is 1. The highest BCUT2D eigenvalue weighted by molar-refractivity contribution is 9.10. The fourth-order valence-electron chi connectivity index (χ4n) is 3.01. The lowest BCUT2D eigenvalue weighted by Gasteiger charge is -2.25. The number of benzene rings is 1. The highest BCUT2D eigenvalue weighted by Crippen LogP contribution is 2.27. The molecule has 0 saturated heterocycles. The van der Waals surface area contributed by atoms with Crippen molar-refractivity contribution in [2.24, 2.45) is 13.0 Å². The first-order chi connectivity index (χ1) is 13.4. The molecule has 0 bridgehead atoms. The van der Waals surface area contributed by atoms with Crippen LogP contribution in [-0.2, 0) is 17.3 Å². The molecule has 1 heterocycles. The van der Waals surface area contributed by atoms with Crippen molar-refractivity contribution >= 4 is 33.6 Å². The molecule has 0 aliphatic heterocycles. The summed E-state index contributed by atoms with van der Waals surface area (Å²) in [4.78, 5) is 24.8. The van der Waals surface area contributed by atoms with E-state index in [1.807, 2.05) is 0 Å². The summed E-state index contributed by atoms with van der Waals surface area (Å²) < 4.78 is 1.74. The number of nitrogens with one attached hydrogen (secondary N) is 2. The Morgan fingerprint density at radius 2 is 1.79 bits per heavy atom. The standard InChI is InChI=1S/C21H30BrN5O2/c1-12(2)17(13-7-9-14(10-8-13)21(3,4)5)25-15(28)11-24-20(29)16-18(22)26-27(6)19(16)23/h7-10,12,17H,11,23H2,1-6H3,(H,24,29)(H,25,28)/t17-/m1/s1. The average Bonchev–Trinajstić information content (AvgIpc) is 2.88. The molecule has 2 amide bonds. The topological polar surface area (TPSA) is 102 Å². The number of aryl methyl sites for hydroxylation is 1. The minimum Gasteiger partial charge on any atom is -0.383 e. The van der Waals surface area contributed by atoms with E-state index in [1.54, 1.807) is 7.05 Å². The average molecular weight is 464 g/mol. The summed E-state index contributed by atoms with van der Waals surface area (Å²) in [6.07, 6.45) is 0. The van der Waals surface area contributed by atoms with Crippen molar-refractivity contribution in [1.82, 2.24) is 20.4 Å². The number of carbonyl (C=O) groups excluding carboxylic acids is 2. The Labute approximate surface area is 180 Å². The van der Waals surface area contributed by atoms with Gasteiger partial charge in [0.05, 0.1) is 12.6 Å². The van der Waals surface area contributed by atoms with Crippen LogP contribution >= 0.6 is 15.9 Å². The van der Waals surface area contributed by atoms with E-state index in [9.17, 15) is 9.59 Å². The van der Waals surface area contributed by atoms with Crippen molar-refractivity contribution in [2.45, 2.75) is 46.1 Å². The van der Waals surface area contributed by atoms with Gasteiger partial charge in [-0.25, -0.2) is 0 Å². The molecule has 8 heteroatoms. The number of aromatic nitrogens is 2. The third-order valence-electron chi connectivity index (χ3n) is 4.80. The first-order valence-electron chi connectivity index (χ1n) is 9.57. The van der Waals surface area contributed by atoms with E-state index in [0.717, 1.165) is 5.56 Å². The van der Waals surface area contributed by atoms with Crippen LogP contribution < -0.4 is 16.4 Å². The van der Waals surface area contributed by atoms with E-state index < -0.39 is 5.91 Å². The maximum Gasteiger partial charge on any atom is 0.258 e. The van der Waals surface area contributed by atoms with E-state index in [-0.39, 0.29) is 41.2 Å². The third-order valence-corrected chi connectivity index (χ3v) is 5.36. The Balaban J connectivity index is 2.03. The molecule has 0 saturated carbocycles. The summed E-state index contributed by atoms with van der Waals surface area (Å²) >= 11 is 3.21. The Morgan fingerprint density at radius 3 is 2.24 bits per heavy atom. The molecule has 7 nitrogen and oxygen atoms in total. The van der Waals surface area contributed by atoms with Gasteiger partial charge in [-0.05, 0) is 38.4 Å². The number of carbonyl (C=O) groups is 2. The molecule has 0 spiro atoms. The molecule has 4 N–H and O–H groups in total. The third kappa shape index (κ3) is 5.59. The van der Waals surface area contributed by atoms with Crippen LogP contribution in [0.15, 0.2) is 28.9 Å². The summed E-state index contributed by atoms with van der Waals surface area (Å²) in [5.41, 5.74) is 8.42. The molecular weight excluding hydrogens is 434 g/mol. The van der Waals surface area contributed by atoms with Gasteiger partial charge in [-0.3, -0.25) is 14.3 Å². The molecule has 1 aromatic heterocycles. The lowest BCUT2D eigenvalue weighted by atomic mass is 9.85. The van der Waals surface area contributed by atoms with Crippen molar-refractivity contribution < 1.29 is 9.59 Å². The van der Waals surface area contributed by atoms with E-state index in [1.165, 1.54) is 10.2 Å². The Hall–Kier alpha value is -2.35. The number of anilines is 1. The highest BCUT2D eigenvalue weighted by Gasteiger charge is 2.22. The predicted octanol–water partition coefficient (Wildman–Crippen LogP) is 3.31. The van der Waals surface area contributed by atoms with Gasteiger partial charge in [-0.2, -0.15) is 5.10 Å². The lowest BCUT2D eigenvalue weighted by molar-refractivity contribution is -0.121. The number of nitrogens with zero attached hydrogens (tertiary/aromatic N) is 2. The van der Waals surface area contributed by atoms with Gasteiger partial charge in [-0.1, -0.05) is 58.9 Å². The SMILES string of the molecule is CC(C)[C@@H](NC(=O)CNC(=O)c1c(Br)nn(C)c1N)c1ccc(C(C)(C)C)cc1. The van der Waals surface area contributed by atoms with Gasteiger partial charge in [0, 0.05) is 7.05 Å². The van der Waals surface area contributed by atoms with Crippen LogP contribution in [-0.4, -0.2) is 28.1 Å².